The molecule has 0 aliphatic heterocycles. The molecular weight excluding hydrogens is 348 g/mol. The Balaban J connectivity index is 2.17. The maximum atomic E-state index is 12.0. The number of Topliss-reactive ketones (excluding diaryl/α,β-unsaturated/α-hetero) is 1. The zero-order valence-corrected chi connectivity index (χ0v) is 15.5. The van der Waals surface area contributed by atoms with Gasteiger partial charge in [-0.05, 0) is 44.0 Å². The first-order valence-corrected chi connectivity index (χ1v) is 8.37. The molecule has 140 valence electrons. The second kappa shape index (κ2) is 6.55. The minimum atomic E-state index is -1.14. The van der Waals surface area contributed by atoms with E-state index in [1.54, 1.807) is 32.3 Å². The molecule has 8 nitrogen and oxygen atoms in total. The molecule has 0 radical (unpaired) electrons. The third-order valence-corrected chi connectivity index (χ3v) is 4.19. The number of aryl methyl sites for hydroxylation is 1. The summed E-state index contributed by atoms with van der Waals surface area (Å²) in [4.78, 5) is 31.5. The summed E-state index contributed by atoms with van der Waals surface area (Å²) in [5, 5.41) is 23.9. The Kier molecular flexibility index (Phi) is 4.52. The summed E-state index contributed by atoms with van der Waals surface area (Å²) >= 11 is 0. The number of carbonyl (C=O) groups excluding carboxylic acids is 1. The number of hydrogen-bond donors (Lipinski definition) is 2. The molecule has 3 aromatic rings. The summed E-state index contributed by atoms with van der Waals surface area (Å²) in [5.41, 5.74) is 1.98. The molecule has 0 bridgehead atoms. The van der Waals surface area contributed by atoms with Crippen molar-refractivity contribution in [3.8, 4) is 11.1 Å². The fourth-order valence-electron chi connectivity index (χ4n) is 2.99. The van der Waals surface area contributed by atoms with Crippen molar-refractivity contribution in [2.75, 3.05) is 0 Å². The van der Waals surface area contributed by atoms with Crippen LogP contribution >= 0.6 is 0 Å². The number of fused-ring (bicyclic) bond motifs is 1. The van der Waals surface area contributed by atoms with Gasteiger partial charge in [0.05, 0.1) is 5.52 Å². The van der Waals surface area contributed by atoms with Gasteiger partial charge in [0.25, 0.3) is 0 Å². The summed E-state index contributed by atoms with van der Waals surface area (Å²) in [6.07, 6.45) is 3.21. The number of hydrogen-bond acceptors (Lipinski definition) is 6. The average molecular weight is 368 g/mol. The molecule has 0 aliphatic rings. The van der Waals surface area contributed by atoms with Gasteiger partial charge in [0.2, 0.25) is 0 Å². The number of aromatic nitrogens is 4. The first-order chi connectivity index (χ1) is 12.6. The molecule has 3 rings (SSSR count). The molecule has 0 aliphatic carbocycles. The summed E-state index contributed by atoms with van der Waals surface area (Å²) in [6.45, 7) is 6.12. The molecule has 8 heteroatoms. The molecule has 0 spiro atoms. The van der Waals surface area contributed by atoms with Gasteiger partial charge < -0.3 is 10.2 Å². The molecule has 0 saturated heterocycles. The van der Waals surface area contributed by atoms with Crippen LogP contribution in [0.5, 0.6) is 0 Å². The van der Waals surface area contributed by atoms with Crippen molar-refractivity contribution in [1.29, 1.82) is 0 Å². The number of carboxylic acid groups (broad SMARTS) is 1. The fraction of sp³-hybridized carbons (Fsp3) is 0.316. The van der Waals surface area contributed by atoms with Crippen LogP contribution in [0.2, 0.25) is 0 Å². The first-order valence-electron chi connectivity index (χ1n) is 8.37. The lowest BCUT2D eigenvalue weighted by molar-refractivity contribution is -0.137. The minimum Gasteiger partial charge on any atom is -0.480 e. The SMILES string of the molecule is CC(=O)c1nn(CC(=O)O)c2c(C)cc(-c3cnc(C(C)(C)O)nc3)cc12. The average Bonchev–Trinajstić information content (AvgIpc) is 2.92. The molecule has 2 N–H and O–H groups in total. The number of nitrogens with zero attached hydrogens (tertiary/aromatic N) is 4. The predicted octanol–water partition coefficient (Wildman–Crippen LogP) is 2.32. The Hall–Kier alpha value is -3.13. The molecule has 0 unspecified atom stereocenters. The molecule has 0 atom stereocenters. The van der Waals surface area contributed by atoms with E-state index in [4.69, 9.17) is 5.11 Å². The Bertz CT molecular complexity index is 1050. The number of carboxylic acids is 1. The van der Waals surface area contributed by atoms with E-state index in [0.717, 1.165) is 11.1 Å². The minimum absolute atomic E-state index is 0.227. The van der Waals surface area contributed by atoms with E-state index in [2.05, 4.69) is 15.1 Å². The summed E-state index contributed by atoms with van der Waals surface area (Å²) in [6, 6.07) is 3.65. The van der Waals surface area contributed by atoms with Crippen molar-refractivity contribution in [2.45, 2.75) is 39.8 Å². The molecule has 0 fully saturated rings. The normalized spacial score (nSPS) is 11.7. The molecule has 1 aromatic carbocycles. The van der Waals surface area contributed by atoms with Crippen LogP contribution in [0.15, 0.2) is 24.5 Å². The van der Waals surface area contributed by atoms with Crippen LogP contribution in [0, 0.1) is 6.92 Å². The summed E-state index contributed by atoms with van der Waals surface area (Å²) in [7, 11) is 0. The topological polar surface area (TPSA) is 118 Å². The number of benzene rings is 1. The lowest BCUT2D eigenvalue weighted by Gasteiger charge is -2.15. The summed E-state index contributed by atoms with van der Waals surface area (Å²) in [5.74, 6) is -0.967. The van der Waals surface area contributed by atoms with Crippen molar-refractivity contribution < 1.29 is 19.8 Å². The highest BCUT2D eigenvalue weighted by molar-refractivity contribution is 6.06. The van der Waals surface area contributed by atoms with E-state index in [1.165, 1.54) is 11.6 Å². The fourth-order valence-corrected chi connectivity index (χ4v) is 2.99. The van der Waals surface area contributed by atoms with Crippen LogP contribution in [0.1, 0.15) is 42.6 Å². The number of aliphatic hydroxyl groups is 1. The predicted molar refractivity (Wildman–Crippen MR) is 98.4 cm³/mol. The van der Waals surface area contributed by atoms with E-state index in [0.29, 0.717) is 22.3 Å². The molecular formula is C19H20N4O4. The summed E-state index contributed by atoms with van der Waals surface area (Å²) < 4.78 is 1.33. The van der Waals surface area contributed by atoms with Gasteiger partial charge >= 0.3 is 5.97 Å². The van der Waals surface area contributed by atoms with Crippen molar-refractivity contribution in [2.24, 2.45) is 0 Å². The standard InChI is InChI=1S/C19H20N4O4/c1-10-5-12(13-7-20-18(21-8-13)19(3,4)27)6-14-16(11(2)24)22-23(17(10)14)9-15(25)26/h5-8,27H,9H2,1-4H3,(H,25,26). The van der Waals surface area contributed by atoms with Gasteiger partial charge in [-0.15, -0.1) is 0 Å². The smallest absolute Gasteiger partial charge is 0.325 e. The number of aliphatic carboxylic acids is 1. The van der Waals surface area contributed by atoms with E-state index in [9.17, 15) is 14.7 Å². The van der Waals surface area contributed by atoms with Gasteiger partial charge in [0, 0.05) is 30.3 Å². The number of carbonyl (C=O) groups is 2. The maximum absolute atomic E-state index is 12.0. The molecule has 2 heterocycles. The third-order valence-electron chi connectivity index (χ3n) is 4.19. The van der Waals surface area contributed by atoms with Gasteiger partial charge in [-0.3, -0.25) is 14.3 Å². The second-order valence-corrected chi connectivity index (χ2v) is 7.00. The van der Waals surface area contributed by atoms with Crippen LogP contribution in [-0.2, 0) is 16.9 Å². The van der Waals surface area contributed by atoms with E-state index >= 15 is 0 Å². The van der Waals surface area contributed by atoms with Crippen LogP contribution in [0.25, 0.3) is 22.0 Å². The zero-order valence-electron chi connectivity index (χ0n) is 15.5. The molecule has 27 heavy (non-hydrogen) atoms. The lowest BCUT2D eigenvalue weighted by atomic mass is 10.0. The quantitative estimate of drug-likeness (QED) is 0.663. The Morgan fingerprint density at radius 2 is 1.78 bits per heavy atom. The van der Waals surface area contributed by atoms with E-state index < -0.39 is 11.6 Å². The van der Waals surface area contributed by atoms with Crippen LogP contribution < -0.4 is 0 Å². The second-order valence-electron chi connectivity index (χ2n) is 7.00. The van der Waals surface area contributed by atoms with Gasteiger partial charge in [-0.2, -0.15) is 5.10 Å². The lowest BCUT2D eigenvalue weighted by Crippen LogP contribution is -2.19. The highest BCUT2D eigenvalue weighted by atomic mass is 16.4. The van der Waals surface area contributed by atoms with Crippen molar-refractivity contribution in [1.82, 2.24) is 19.7 Å². The first kappa shape index (κ1) is 18.7. The van der Waals surface area contributed by atoms with Crippen molar-refractivity contribution >= 4 is 22.7 Å². The van der Waals surface area contributed by atoms with Crippen molar-refractivity contribution in [3.63, 3.8) is 0 Å². The van der Waals surface area contributed by atoms with Gasteiger partial charge in [-0.1, -0.05) is 0 Å². The van der Waals surface area contributed by atoms with Gasteiger partial charge in [-0.25, -0.2) is 9.97 Å². The zero-order chi connectivity index (χ0) is 19.9. The monoisotopic (exact) mass is 368 g/mol. The molecule has 0 saturated carbocycles. The molecule has 2 aromatic heterocycles. The van der Waals surface area contributed by atoms with Crippen LogP contribution in [0.4, 0.5) is 0 Å². The van der Waals surface area contributed by atoms with E-state index in [1.807, 2.05) is 13.0 Å². The van der Waals surface area contributed by atoms with Crippen LogP contribution in [0.3, 0.4) is 0 Å². The maximum Gasteiger partial charge on any atom is 0.325 e. The Labute approximate surface area is 155 Å². The van der Waals surface area contributed by atoms with Crippen molar-refractivity contribution in [3.05, 3.63) is 41.6 Å². The Morgan fingerprint density at radius 3 is 2.30 bits per heavy atom. The molecule has 0 amide bonds. The highest BCUT2D eigenvalue weighted by Crippen LogP contribution is 2.30. The van der Waals surface area contributed by atoms with Gasteiger partial charge in [0.1, 0.15) is 17.8 Å². The third kappa shape index (κ3) is 3.56. The highest BCUT2D eigenvalue weighted by Gasteiger charge is 2.21. The van der Waals surface area contributed by atoms with E-state index in [-0.39, 0.29) is 18.0 Å². The Morgan fingerprint density at radius 1 is 1.15 bits per heavy atom. The van der Waals surface area contributed by atoms with Crippen LogP contribution in [-0.4, -0.2) is 41.7 Å². The number of ketones is 1. The van der Waals surface area contributed by atoms with Gasteiger partial charge in [0.15, 0.2) is 11.6 Å². The largest absolute Gasteiger partial charge is 0.480 e. The number of rotatable bonds is 5.